The number of carbonyl (C=O) groups excluding carboxylic acids is 1. The first-order valence-electron chi connectivity index (χ1n) is 8.07. The van der Waals surface area contributed by atoms with Crippen molar-refractivity contribution in [3.05, 3.63) is 62.9 Å². The van der Waals surface area contributed by atoms with Crippen LogP contribution in [0.3, 0.4) is 0 Å². The fraction of sp³-hybridized carbons (Fsp3) is 0.368. The molecule has 126 valence electrons. The molecule has 0 amide bonds. The molecule has 1 heterocycles. The molecule has 3 nitrogen and oxygen atoms in total. The molecule has 2 atom stereocenters. The normalized spacial score (nSPS) is 19.8. The number of aliphatic hydroxyl groups excluding tert-OH is 1. The number of aryl methyl sites for hydroxylation is 1. The van der Waals surface area contributed by atoms with Crippen molar-refractivity contribution < 1.29 is 9.90 Å². The molecule has 2 aromatic rings. The lowest BCUT2D eigenvalue weighted by Gasteiger charge is -2.27. The molecule has 1 aliphatic carbocycles. The molecule has 0 spiro atoms. The van der Waals surface area contributed by atoms with Crippen LogP contribution in [0, 0.1) is 6.92 Å². The SMILES string of the molecule is Cc1cc(Cl)cc(Cl)c1CCC(=O)[C@@H]1CC[C@@H](O)c2ncccc21. The Morgan fingerprint density at radius 2 is 2.12 bits per heavy atom. The van der Waals surface area contributed by atoms with E-state index < -0.39 is 6.10 Å². The summed E-state index contributed by atoms with van der Waals surface area (Å²) in [6.07, 6.45) is 3.32. The Balaban J connectivity index is 1.76. The number of aromatic nitrogens is 1. The Morgan fingerprint density at radius 3 is 2.88 bits per heavy atom. The van der Waals surface area contributed by atoms with Gasteiger partial charge in [0.2, 0.25) is 0 Å². The Bertz CT molecular complexity index is 753. The Morgan fingerprint density at radius 1 is 1.33 bits per heavy atom. The van der Waals surface area contributed by atoms with E-state index in [0.717, 1.165) is 16.7 Å². The molecular weight excluding hydrogens is 345 g/mol. The zero-order chi connectivity index (χ0) is 17.3. The van der Waals surface area contributed by atoms with Gasteiger partial charge in [0.05, 0.1) is 11.8 Å². The van der Waals surface area contributed by atoms with Gasteiger partial charge in [0.25, 0.3) is 0 Å². The van der Waals surface area contributed by atoms with Gasteiger partial charge in [-0.1, -0.05) is 29.3 Å². The van der Waals surface area contributed by atoms with E-state index in [4.69, 9.17) is 23.2 Å². The Hall–Kier alpha value is -1.42. The molecule has 0 radical (unpaired) electrons. The van der Waals surface area contributed by atoms with Crippen LogP contribution < -0.4 is 0 Å². The highest BCUT2D eigenvalue weighted by atomic mass is 35.5. The van der Waals surface area contributed by atoms with Crippen LogP contribution in [0.1, 0.15) is 53.7 Å². The van der Waals surface area contributed by atoms with Crippen LogP contribution >= 0.6 is 23.2 Å². The number of fused-ring (bicyclic) bond motifs is 1. The van der Waals surface area contributed by atoms with Crippen LogP contribution in [0.5, 0.6) is 0 Å². The summed E-state index contributed by atoms with van der Waals surface area (Å²) in [5, 5.41) is 11.3. The van der Waals surface area contributed by atoms with E-state index in [-0.39, 0.29) is 11.7 Å². The molecule has 0 bridgehead atoms. The molecular formula is C19H19Cl2NO2. The van der Waals surface area contributed by atoms with E-state index in [0.29, 0.717) is 41.4 Å². The highest BCUT2D eigenvalue weighted by Crippen LogP contribution is 2.37. The largest absolute Gasteiger partial charge is 0.387 e. The Labute approximate surface area is 151 Å². The van der Waals surface area contributed by atoms with Crippen molar-refractivity contribution in [3.8, 4) is 0 Å². The number of hydrogen-bond acceptors (Lipinski definition) is 3. The molecule has 0 fully saturated rings. The highest BCUT2D eigenvalue weighted by Gasteiger charge is 2.31. The minimum absolute atomic E-state index is 0.168. The molecule has 1 N–H and O–H groups in total. The lowest BCUT2D eigenvalue weighted by atomic mass is 9.80. The summed E-state index contributed by atoms with van der Waals surface area (Å²) in [5.74, 6) is -0.0231. The molecule has 1 aromatic carbocycles. The average molecular weight is 364 g/mol. The summed E-state index contributed by atoms with van der Waals surface area (Å²) < 4.78 is 0. The van der Waals surface area contributed by atoms with Crippen LogP contribution in [0.15, 0.2) is 30.5 Å². The van der Waals surface area contributed by atoms with Crippen LogP contribution in [0.25, 0.3) is 0 Å². The number of halogens is 2. The van der Waals surface area contributed by atoms with Gasteiger partial charge in [-0.25, -0.2) is 0 Å². The summed E-state index contributed by atoms with van der Waals surface area (Å²) in [4.78, 5) is 17.0. The summed E-state index contributed by atoms with van der Waals surface area (Å²) >= 11 is 12.3. The van der Waals surface area contributed by atoms with E-state index in [1.165, 1.54) is 0 Å². The van der Waals surface area contributed by atoms with Crippen molar-refractivity contribution in [2.45, 2.75) is 44.6 Å². The third-order valence-electron chi connectivity index (χ3n) is 4.68. The van der Waals surface area contributed by atoms with Gasteiger partial charge in [-0.3, -0.25) is 9.78 Å². The standard InChI is InChI=1S/C19H19Cl2NO2/c1-11-9-12(20)10-16(21)13(11)4-6-17(23)14-5-7-18(24)19-15(14)3-2-8-22-19/h2-3,8-10,14,18,24H,4-7H2,1H3/t14-,18-/m1/s1. The summed E-state index contributed by atoms with van der Waals surface area (Å²) in [6, 6.07) is 7.29. The molecule has 24 heavy (non-hydrogen) atoms. The lowest BCUT2D eigenvalue weighted by Crippen LogP contribution is -2.22. The number of rotatable bonds is 4. The number of hydrogen-bond donors (Lipinski definition) is 1. The minimum atomic E-state index is -0.571. The maximum absolute atomic E-state index is 12.8. The van der Waals surface area contributed by atoms with E-state index in [1.54, 1.807) is 12.3 Å². The quantitative estimate of drug-likeness (QED) is 0.847. The summed E-state index contributed by atoms with van der Waals surface area (Å²) in [7, 11) is 0. The second kappa shape index (κ2) is 7.22. The van der Waals surface area contributed by atoms with Crippen molar-refractivity contribution in [3.63, 3.8) is 0 Å². The van der Waals surface area contributed by atoms with Crippen molar-refractivity contribution in [1.82, 2.24) is 4.98 Å². The first kappa shape index (κ1) is 17.4. The smallest absolute Gasteiger partial charge is 0.140 e. The van der Waals surface area contributed by atoms with Crippen molar-refractivity contribution in [2.75, 3.05) is 0 Å². The molecule has 5 heteroatoms. The number of pyridine rings is 1. The van der Waals surface area contributed by atoms with Gasteiger partial charge in [-0.2, -0.15) is 0 Å². The highest BCUT2D eigenvalue weighted by molar-refractivity contribution is 6.35. The monoisotopic (exact) mass is 363 g/mol. The van der Waals surface area contributed by atoms with E-state index in [9.17, 15) is 9.90 Å². The third kappa shape index (κ3) is 3.49. The molecule has 0 aliphatic heterocycles. The van der Waals surface area contributed by atoms with Gasteiger partial charge in [0.1, 0.15) is 5.78 Å². The fourth-order valence-electron chi connectivity index (χ4n) is 3.43. The third-order valence-corrected chi connectivity index (χ3v) is 5.24. The average Bonchev–Trinajstić information content (AvgIpc) is 2.54. The molecule has 0 saturated heterocycles. The molecule has 1 aromatic heterocycles. The predicted octanol–water partition coefficient (Wildman–Crippen LogP) is 4.81. The molecule has 3 rings (SSSR count). The number of aliphatic hydroxyl groups is 1. The first-order valence-corrected chi connectivity index (χ1v) is 8.83. The van der Waals surface area contributed by atoms with Crippen molar-refractivity contribution >= 4 is 29.0 Å². The van der Waals surface area contributed by atoms with Crippen molar-refractivity contribution in [1.29, 1.82) is 0 Å². The van der Waals surface area contributed by atoms with E-state index >= 15 is 0 Å². The molecule has 0 unspecified atom stereocenters. The first-order chi connectivity index (χ1) is 11.5. The fourth-order valence-corrected chi connectivity index (χ4v) is 4.12. The number of Topliss-reactive ketones (excluding diaryl/α,β-unsaturated/α-hetero) is 1. The van der Waals surface area contributed by atoms with Gasteiger partial charge >= 0.3 is 0 Å². The van der Waals surface area contributed by atoms with Crippen LogP contribution in [0.4, 0.5) is 0 Å². The maximum atomic E-state index is 12.8. The van der Waals surface area contributed by atoms with Gasteiger partial charge in [0, 0.05) is 28.6 Å². The molecule has 0 saturated carbocycles. The van der Waals surface area contributed by atoms with E-state index in [2.05, 4.69) is 4.98 Å². The maximum Gasteiger partial charge on any atom is 0.140 e. The second-order valence-electron chi connectivity index (χ2n) is 6.27. The van der Waals surface area contributed by atoms with Gasteiger partial charge in [-0.15, -0.1) is 0 Å². The number of ketones is 1. The van der Waals surface area contributed by atoms with Crippen LogP contribution in [0.2, 0.25) is 10.0 Å². The number of benzene rings is 1. The second-order valence-corrected chi connectivity index (χ2v) is 7.12. The van der Waals surface area contributed by atoms with E-state index in [1.807, 2.05) is 25.1 Å². The Kier molecular flexibility index (Phi) is 5.24. The van der Waals surface area contributed by atoms with Gasteiger partial charge in [-0.05, 0) is 61.1 Å². The topological polar surface area (TPSA) is 50.2 Å². The zero-order valence-corrected chi connectivity index (χ0v) is 14.9. The lowest BCUT2D eigenvalue weighted by molar-refractivity contribution is -0.121. The van der Waals surface area contributed by atoms with Crippen LogP contribution in [-0.2, 0) is 11.2 Å². The van der Waals surface area contributed by atoms with Gasteiger partial charge in [0.15, 0.2) is 0 Å². The summed E-state index contributed by atoms with van der Waals surface area (Å²) in [6.45, 7) is 1.95. The van der Waals surface area contributed by atoms with Crippen molar-refractivity contribution in [2.24, 2.45) is 0 Å². The van der Waals surface area contributed by atoms with Crippen LogP contribution in [-0.4, -0.2) is 15.9 Å². The predicted molar refractivity (Wildman–Crippen MR) is 95.7 cm³/mol. The number of nitrogens with zero attached hydrogens (tertiary/aromatic N) is 1. The number of carbonyl (C=O) groups is 1. The minimum Gasteiger partial charge on any atom is -0.387 e. The van der Waals surface area contributed by atoms with Gasteiger partial charge < -0.3 is 5.11 Å². The molecule has 1 aliphatic rings. The summed E-state index contributed by atoms with van der Waals surface area (Å²) in [5.41, 5.74) is 3.47. The zero-order valence-electron chi connectivity index (χ0n) is 13.4.